The quantitative estimate of drug-likeness (QED) is 0.439. The lowest BCUT2D eigenvalue weighted by molar-refractivity contribution is 0.0697. The SMILES string of the molecule is O=C(O)c1ccc2c(Nc3cnccn3)nn(-c3ccnc(N4C[C@@H]5C[C@H]4CN5)c3)c2c1. The topological polar surface area (TPSA) is 121 Å². The van der Waals surface area contributed by atoms with Gasteiger partial charge in [0.1, 0.15) is 11.6 Å². The fraction of sp³-hybridized carbons (Fsp3) is 0.227. The molecule has 5 heterocycles. The fourth-order valence-corrected chi connectivity index (χ4v) is 4.56. The Hall–Kier alpha value is -4.05. The molecule has 2 atom stereocenters. The highest BCUT2D eigenvalue weighted by atomic mass is 16.4. The van der Waals surface area contributed by atoms with E-state index in [4.69, 9.17) is 5.10 Å². The molecule has 1 aromatic carbocycles. The minimum Gasteiger partial charge on any atom is -0.478 e. The van der Waals surface area contributed by atoms with E-state index in [0.717, 1.165) is 36.4 Å². The number of aromatic nitrogens is 5. The van der Waals surface area contributed by atoms with Crippen molar-refractivity contribution in [2.24, 2.45) is 0 Å². The summed E-state index contributed by atoms with van der Waals surface area (Å²) in [6.07, 6.45) is 7.70. The van der Waals surface area contributed by atoms with Gasteiger partial charge in [0.25, 0.3) is 0 Å². The van der Waals surface area contributed by atoms with Crippen LogP contribution in [0, 0.1) is 0 Å². The zero-order chi connectivity index (χ0) is 21.7. The fourth-order valence-electron chi connectivity index (χ4n) is 4.56. The summed E-state index contributed by atoms with van der Waals surface area (Å²) in [5, 5.41) is 21.7. The summed E-state index contributed by atoms with van der Waals surface area (Å²) in [4.78, 5) is 26.9. The number of carboxylic acids is 1. The number of carbonyl (C=O) groups is 1. The summed E-state index contributed by atoms with van der Waals surface area (Å²) in [7, 11) is 0. The molecule has 10 nitrogen and oxygen atoms in total. The molecule has 0 spiro atoms. The van der Waals surface area contributed by atoms with Crippen LogP contribution >= 0.6 is 0 Å². The smallest absolute Gasteiger partial charge is 0.335 e. The molecule has 3 aromatic heterocycles. The van der Waals surface area contributed by atoms with Gasteiger partial charge in [-0.2, -0.15) is 0 Å². The maximum Gasteiger partial charge on any atom is 0.335 e. The first-order valence-corrected chi connectivity index (χ1v) is 10.4. The number of fused-ring (bicyclic) bond motifs is 3. The van der Waals surface area contributed by atoms with Crippen LogP contribution in [0.5, 0.6) is 0 Å². The summed E-state index contributed by atoms with van der Waals surface area (Å²) < 4.78 is 1.75. The molecule has 10 heteroatoms. The normalized spacial score (nSPS) is 19.6. The van der Waals surface area contributed by atoms with Gasteiger partial charge in [-0.05, 0) is 30.7 Å². The van der Waals surface area contributed by atoms with Crippen molar-refractivity contribution in [2.45, 2.75) is 18.5 Å². The predicted octanol–water partition coefficient (Wildman–Crippen LogP) is 2.20. The van der Waals surface area contributed by atoms with Crippen LogP contribution in [0.1, 0.15) is 16.8 Å². The lowest BCUT2D eigenvalue weighted by Gasteiger charge is -2.28. The third kappa shape index (κ3) is 3.12. The number of hydrogen-bond acceptors (Lipinski definition) is 8. The molecule has 3 N–H and O–H groups in total. The first-order valence-electron chi connectivity index (χ1n) is 10.4. The van der Waals surface area contributed by atoms with Gasteiger partial charge in [-0.3, -0.25) is 4.98 Å². The largest absolute Gasteiger partial charge is 0.478 e. The van der Waals surface area contributed by atoms with Crippen LogP contribution in [0.25, 0.3) is 16.6 Å². The highest BCUT2D eigenvalue weighted by molar-refractivity contribution is 5.98. The number of pyridine rings is 1. The predicted molar refractivity (Wildman–Crippen MR) is 119 cm³/mol. The average molecular weight is 428 g/mol. The Balaban J connectivity index is 1.46. The summed E-state index contributed by atoms with van der Waals surface area (Å²) in [6.45, 7) is 1.90. The first-order chi connectivity index (χ1) is 15.7. The first kappa shape index (κ1) is 18.7. The van der Waals surface area contributed by atoms with Crippen molar-refractivity contribution in [1.29, 1.82) is 0 Å². The molecular formula is C22H20N8O2. The van der Waals surface area contributed by atoms with Gasteiger partial charge in [0.15, 0.2) is 5.82 Å². The number of anilines is 3. The molecule has 4 aromatic rings. The van der Waals surface area contributed by atoms with Crippen LogP contribution in [0.3, 0.4) is 0 Å². The van der Waals surface area contributed by atoms with Crippen molar-refractivity contribution in [3.8, 4) is 5.69 Å². The summed E-state index contributed by atoms with van der Waals surface area (Å²) in [6, 6.07) is 9.81. The summed E-state index contributed by atoms with van der Waals surface area (Å²) in [5.74, 6) is 1.04. The molecule has 0 radical (unpaired) electrons. The molecule has 0 unspecified atom stereocenters. The zero-order valence-electron chi connectivity index (χ0n) is 17.0. The van der Waals surface area contributed by atoms with Crippen LogP contribution in [-0.4, -0.2) is 61.0 Å². The molecule has 0 saturated carbocycles. The molecule has 0 amide bonds. The van der Waals surface area contributed by atoms with E-state index >= 15 is 0 Å². The Bertz CT molecular complexity index is 1320. The van der Waals surface area contributed by atoms with E-state index in [2.05, 4.69) is 30.5 Å². The Morgan fingerprint density at radius 2 is 2.09 bits per heavy atom. The number of nitrogens with one attached hydrogen (secondary N) is 2. The van der Waals surface area contributed by atoms with Gasteiger partial charge in [-0.25, -0.2) is 19.4 Å². The number of aromatic carboxylic acids is 1. The molecule has 2 fully saturated rings. The number of hydrogen-bond donors (Lipinski definition) is 3. The van der Waals surface area contributed by atoms with Gasteiger partial charge in [0.2, 0.25) is 0 Å². The van der Waals surface area contributed by atoms with E-state index in [9.17, 15) is 9.90 Å². The third-order valence-electron chi connectivity index (χ3n) is 6.06. The van der Waals surface area contributed by atoms with Crippen LogP contribution in [-0.2, 0) is 0 Å². The minimum atomic E-state index is -0.987. The Morgan fingerprint density at radius 3 is 2.84 bits per heavy atom. The van der Waals surface area contributed by atoms with Gasteiger partial charge in [0, 0.05) is 55.2 Å². The Morgan fingerprint density at radius 1 is 1.16 bits per heavy atom. The molecule has 2 aliphatic rings. The maximum atomic E-state index is 11.6. The Labute approximate surface area is 182 Å². The molecule has 2 saturated heterocycles. The maximum absolute atomic E-state index is 11.6. The van der Waals surface area contributed by atoms with Gasteiger partial charge in [-0.1, -0.05) is 0 Å². The van der Waals surface area contributed by atoms with E-state index in [0.29, 0.717) is 29.2 Å². The molecule has 32 heavy (non-hydrogen) atoms. The Kier molecular flexibility index (Phi) is 4.25. The van der Waals surface area contributed by atoms with Crippen molar-refractivity contribution >= 4 is 34.3 Å². The number of benzene rings is 1. The second-order valence-corrected chi connectivity index (χ2v) is 8.03. The average Bonchev–Trinajstić information content (AvgIpc) is 3.54. The van der Waals surface area contributed by atoms with E-state index in [1.54, 1.807) is 47.7 Å². The highest BCUT2D eigenvalue weighted by Crippen LogP contribution is 2.32. The monoisotopic (exact) mass is 428 g/mol. The van der Waals surface area contributed by atoms with Gasteiger partial charge < -0.3 is 20.6 Å². The van der Waals surface area contributed by atoms with E-state index in [1.807, 2.05) is 12.1 Å². The number of rotatable bonds is 5. The van der Waals surface area contributed by atoms with Crippen molar-refractivity contribution in [3.63, 3.8) is 0 Å². The second kappa shape index (κ2) is 7.27. The van der Waals surface area contributed by atoms with Crippen LogP contribution in [0.2, 0.25) is 0 Å². The van der Waals surface area contributed by atoms with E-state index in [1.165, 1.54) is 0 Å². The van der Waals surface area contributed by atoms with Crippen LogP contribution in [0.15, 0.2) is 55.1 Å². The number of carboxylic acid groups (broad SMARTS) is 1. The van der Waals surface area contributed by atoms with E-state index in [-0.39, 0.29) is 5.56 Å². The highest BCUT2D eigenvalue weighted by Gasteiger charge is 2.38. The minimum absolute atomic E-state index is 0.196. The number of piperazine rings is 1. The summed E-state index contributed by atoms with van der Waals surface area (Å²) >= 11 is 0. The molecule has 2 bridgehead atoms. The second-order valence-electron chi connectivity index (χ2n) is 8.03. The number of nitrogens with zero attached hydrogens (tertiary/aromatic N) is 6. The molecule has 2 aliphatic heterocycles. The van der Waals surface area contributed by atoms with Crippen LogP contribution in [0.4, 0.5) is 17.5 Å². The van der Waals surface area contributed by atoms with Gasteiger partial charge in [-0.15, -0.1) is 5.10 Å². The van der Waals surface area contributed by atoms with Gasteiger partial charge >= 0.3 is 5.97 Å². The van der Waals surface area contributed by atoms with Crippen molar-refractivity contribution < 1.29 is 9.90 Å². The van der Waals surface area contributed by atoms with Crippen molar-refractivity contribution in [3.05, 3.63) is 60.7 Å². The lowest BCUT2D eigenvalue weighted by atomic mass is 10.1. The van der Waals surface area contributed by atoms with Crippen molar-refractivity contribution in [1.82, 2.24) is 30.0 Å². The van der Waals surface area contributed by atoms with Crippen LogP contribution < -0.4 is 15.5 Å². The lowest BCUT2D eigenvalue weighted by Crippen LogP contribution is -2.44. The van der Waals surface area contributed by atoms with Gasteiger partial charge in [0.05, 0.1) is 23.0 Å². The molecular weight excluding hydrogens is 408 g/mol. The van der Waals surface area contributed by atoms with E-state index < -0.39 is 5.97 Å². The third-order valence-corrected chi connectivity index (χ3v) is 6.06. The standard InChI is InChI=1S/C22H20N8O2/c31-22(32)13-1-2-17-18(7-13)30(28-21(17)27-19-11-23-5-6-24-19)15-3-4-25-20(9-15)29-12-14-8-16(29)10-26-14/h1-7,9,11,14,16,26H,8,10,12H2,(H,31,32)(H,24,27,28)/t14-,16-/m0/s1. The zero-order valence-corrected chi connectivity index (χ0v) is 17.0. The molecule has 160 valence electrons. The molecule has 0 aliphatic carbocycles. The molecule has 6 rings (SSSR count). The summed E-state index contributed by atoms with van der Waals surface area (Å²) in [5.41, 5.74) is 1.69. The van der Waals surface area contributed by atoms with Crippen molar-refractivity contribution in [2.75, 3.05) is 23.3 Å².